The Morgan fingerprint density at radius 3 is 2.45 bits per heavy atom. The first-order chi connectivity index (χ1) is 15.0. The molecule has 0 amide bonds. The molecule has 0 aliphatic rings. The van der Waals surface area contributed by atoms with Gasteiger partial charge in [0.1, 0.15) is 12.4 Å². The van der Waals surface area contributed by atoms with Gasteiger partial charge in [0.2, 0.25) is 5.88 Å². The van der Waals surface area contributed by atoms with E-state index in [-0.39, 0.29) is 12.3 Å². The Kier molecular flexibility index (Phi) is 5.48. The van der Waals surface area contributed by atoms with Gasteiger partial charge >= 0.3 is 5.69 Å². The summed E-state index contributed by atoms with van der Waals surface area (Å²) < 4.78 is 13.6. The smallest absolute Gasteiger partial charge is 0.368 e. The Bertz CT molecular complexity index is 1280. The fraction of sp³-hybridized carbons (Fsp3) is 0.227. The van der Waals surface area contributed by atoms with Crippen LogP contribution in [0.1, 0.15) is 16.7 Å². The third kappa shape index (κ3) is 4.02. The van der Waals surface area contributed by atoms with Crippen molar-refractivity contribution in [3.05, 3.63) is 75.7 Å². The van der Waals surface area contributed by atoms with E-state index in [2.05, 4.69) is 20.6 Å². The van der Waals surface area contributed by atoms with E-state index in [9.17, 15) is 4.79 Å². The lowest BCUT2D eigenvalue weighted by Gasteiger charge is -2.15. The van der Waals surface area contributed by atoms with Gasteiger partial charge in [0.05, 0.1) is 18.5 Å². The van der Waals surface area contributed by atoms with Gasteiger partial charge in [-0.2, -0.15) is 9.36 Å². The molecular weight excluding hydrogens is 396 g/mol. The fourth-order valence-electron chi connectivity index (χ4n) is 3.24. The minimum atomic E-state index is -0.312. The molecule has 2 aromatic carbocycles. The van der Waals surface area contributed by atoms with Crippen molar-refractivity contribution in [3.63, 3.8) is 0 Å². The van der Waals surface area contributed by atoms with Gasteiger partial charge in [0, 0.05) is 24.2 Å². The van der Waals surface area contributed by atoms with Crippen molar-refractivity contribution in [3.8, 4) is 28.6 Å². The standard InChI is InChI=1S/C22H22N6O3/c1-14-6-5-7-19(28-22(29)27(3)25-26-28)17(14)13-31-20-10-8-16(12-15(20)2)18-9-11-21(30-4)24-23-18/h5-12H,13H2,1-4H3. The first-order valence-corrected chi connectivity index (χ1v) is 9.67. The van der Waals surface area contributed by atoms with Gasteiger partial charge in [0.25, 0.3) is 0 Å². The Morgan fingerprint density at radius 2 is 1.81 bits per heavy atom. The minimum Gasteiger partial charge on any atom is -0.489 e. The molecule has 9 nitrogen and oxygen atoms in total. The molecule has 2 aromatic heterocycles. The number of nitrogens with zero attached hydrogens (tertiary/aromatic N) is 6. The van der Waals surface area contributed by atoms with E-state index in [0.717, 1.165) is 33.7 Å². The van der Waals surface area contributed by atoms with Crippen LogP contribution in [0.15, 0.2) is 53.3 Å². The number of benzene rings is 2. The zero-order valence-electron chi connectivity index (χ0n) is 17.7. The second-order valence-corrected chi connectivity index (χ2v) is 7.10. The second-order valence-electron chi connectivity index (χ2n) is 7.10. The number of hydrogen-bond donors (Lipinski definition) is 0. The average Bonchev–Trinajstić information content (AvgIpc) is 3.11. The van der Waals surface area contributed by atoms with E-state index in [1.807, 2.05) is 56.3 Å². The summed E-state index contributed by atoms with van der Waals surface area (Å²) >= 11 is 0. The van der Waals surface area contributed by atoms with Gasteiger partial charge < -0.3 is 9.47 Å². The topological polar surface area (TPSA) is 97.0 Å². The van der Waals surface area contributed by atoms with Gasteiger partial charge in [-0.05, 0) is 65.7 Å². The summed E-state index contributed by atoms with van der Waals surface area (Å²) in [5.41, 5.74) is 4.85. The highest BCUT2D eigenvalue weighted by molar-refractivity contribution is 5.61. The molecule has 0 aliphatic heterocycles. The highest BCUT2D eigenvalue weighted by Crippen LogP contribution is 2.27. The molecule has 0 unspecified atom stereocenters. The summed E-state index contributed by atoms with van der Waals surface area (Å²) in [7, 11) is 3.12. The lowest BCUT2D eigenvalue weighted by molar-refractivity contribution is 0.302. The Balaban J connectivity index is 1.59. The van der Waals surface area contributed by atoms with Crippen LogP contribution in [0.4, 0.5) is 0 Å². The van der Waals surface area contributed by atoms with Gasteiger partial charge in [-0.25, -0.2) is 4.79 Å². The predicted molar refractivity (Wildman–Crippen MR) is 114 cm³/mol. The van der Waals surface area contributed by atoms with Crippen LogP contribution in [0.2, 0.25) is 0 Å². The van der Waals surface area contributed by atoms with Crippen LogP contribution < -0.4 is 15.2 Å². The number of aryl methyl sites for hydroxylation is 3. The van der Waals surface area contributed by atoms with Crippen LogP contribution in [-0.4, -0.2) is 37.1 Å². The molecule has 158 valence electrons. The highest BCUT2D eigenvalue weighted by atomic mass is 16.5. The van der Waals surface area contributed by atoms with E-state index in [0.29, 0.717) is 11.6 Å². The number of tetrazole rings is 1. The second kappa shape index (κ2) is 8.39. The minimum absolute atomic E-state index is 0.285. The summed E-state index contributed by atoms with van der Waals surface area (Å²) in [6.45, 7) is 4.23. The summed E-state index contributed by atoms with van der Waals surface area (Å²) in [6, 6.07) is 15.2. The molecular formula is C22H22N6O3. The van der Waals surface area contributed by atoms with E-state index in [4.69, 9.17) is 9.47 Å². The van der Waals surface area contributed by atoms with E-state index >= 15 is 0 Å². The van der Waals surface area contributed by atoms with Crippen LogP contribution in [0.3, 0.4) is 0 Å². The van der Waals surface area contributed by atoms with Gasteiger partial charge in [-0.1, -0.05) is 12.1 Å². The first kappa shape index (κ1) is 20.3. The van der Waals surface area contributed by atoms with E-state index < -0.39 is 0 Å². The number of aromatic nitrogens is 6. The van der Waals surface area contributed by atoms with Crippen LogP contribution in [0.5, 0.6) is 11.6 Å². The van der Waals surface area contributed by atoms with Crippen LogP contribution in [-0.2, 0) is 13.7 Å². The molecule has 0 radical (unpaired) electrons. The summed E-state index contributed by atoms with van der Waals surface area (Å²) in [5.74, 6) is 1.21. The van der Waals surface area contributed by atoms with Crippen molar-refractivity contribution in [2.75, 3.05) is 7.11 Å². The van der Waals surface area contributed by atoms with Crippen molar-refractivity contribution in [1.29, 1.82) is 0 Å². The SMILES string of the molecule is COc1ccc(-c2ccc(OCc3c(C)cccc3-n3nnn(C)c3=O)c(C)c2)nn1. The monoisotopic (exact) mass is 418 g/mol. The molecule has 0 fully saturated rings. The largest absolute Gasteiger partial charge is 0.489 e. The molecule has 0 atom stereocenters. The molecule has 0 N–H and O–H groups in total. The molecule has 9 heteroatoms. The Morgan fingerprint density at radius 1 is 0.968 bits per heavy atom. The molecule has 4 aromatic rings. The maximum Gasteiger partial charge on any atom is 0.368 e. The van der Waals surface area contributed by atoms with E-state index in [1.54, 1.807) is 20.2 Å². The summed E-state index contributed by atoms with van der Waals surface area (Å²) in [5, 5.41) is 16.0. The average molecular weight is 418 g/mol. The maximum absolute atomic E-state index is 12.3. The van der Waals surface area contributed by atoms with Crippen molar-refractivity contribution in [2.45, 2.75) is 20.5 Å². The van der Waals surface area contributed by atoms with Gasteiger partial charge in [-0.3, -0.25) is 0 Å². The van der Waals surface area contributed by atoms with Crippen molar-refractivity contribution >= 4 is 0 Å². The lowest BCUT2D eigenvalue weighted by atomic mass is 10.1. The number of hydrogen-bond acceptors (Lipinski definition) is 7. The van der Waals surface area contributed by atoms with Crippen molar-refractivity contribution in [1.82, 2.24) is 30.0 Å². The van der Waals surface area contributed by atoms with Gasteiger partial charge in [-0.15, -0.1) is 10.2 Å². The first-order valence-electron chi connectivity index (χ1n) is 9.67. The molecule has 0 spiro atoms. The highest BCUT2D eigenvalue weighted by Gasteiger charge is 2.14. The zero-order chi connectivity index (χ0) is 22.0. The zero-order valence-corrected chi connectivity index (χ0v) is 17.7. The molecule has 0 bridgehead atoms. The van der Waals surface area contributed by atoms with Crippen LogP contribution in [0.25, 0.3) is 16.9 Å². The Labute approximate surface area is 178 Å². The van der Waals surface area contributed by atoms with Crippen molar-refractivity contribution < 1.29 is 9.47 Å². The lowest BCUT2D eigenvalue weighted by Crippen LogP contribution is -2.23. The molecule has 31 heavy (non-hydrogen) atoms. The van der Waals surface area contributed by atoms with Crippen LogP contribution >= 0.6 is 0 Å². The third-order valence-electron chi connectivity index (χ3n) is 5.03. The normalized spacial score (nSPS) is 10.8. The van der Waals surface area contributed by atoms with E-state index in [1.165, 1.54) is 9.36 Å². The maximum atomic E-state index is 12.3. The summed E-state index contributed by atoms with van der Waals surface area (Å²) in [4.78, 5) is 12.3. The quantitative estimate of drug-likeness (QED) is 0.475. The number of rotatable bonds is 6. The molecule has 0 saturated heterocycles. The third-order valence-corrected chi connectivity index (χ3v) is 5.03. The van der Waals surface area contributed by atoms with Crippen LogP contribution in [0, 0.1) is 13.8 Å². The fourth-order valence-corrected chi connectivity index (χ4v) is 3.24. The molecule has 0 saturated carbocycles. The number of methoxy groups -OCH3 is 1. The number of ether oxygens (including phenoxy) is 2. The molecule has 0 aliphatic carbocycles. The molecule has 2 heterocycles. The summed E-state index contributed by atoms with van der Waals surface area (Å²) in [6.07, 6.45) is 0. The predicted octanol–water partition coefficient (Wildman–Crippen LogP) is 2.63. The molecule has 4 rings (SSSR count). The van der Waals surface area contributed by atoms with Gasteiger partial charge in [0.15, 0.2) is 0 Å². The van der Waals surface area contributed by atoms with Crippen molar-refractivity contribution in [2.24, 2.45) is 7.05 Å². The Hall–Kier alpha value is -4.01.